The average Bonchev–Trinajstić information content (AvgIpc) is 2.98. The molecule has 2 unspecified atom stereocenters. The number of hydrogen-bond acceptors (Lipinski definition) is 3. The highest BCUT2D eigenvalue weighted by Gasteiger charge is 2.18. The van der Waals surface area contributed by atoms with E-state index in [0.29, 0.717) is 6.04 Å². The number of methoxy groups -OCH3 is 1. The lowest BCUT2D eigenvalue weighted by Crippen LogP contribution is -2.36. The van der Waals surface area contributed by atoms with E-state index in [9.17, 15) is 0 Å². The Bertz CT molecular complexity index is 455. The SMILES string of the molecule is CCC(COC)NC(c1ccccc1)c1cccs1. The van der Waals surface area contributed by atoms with Gasteiger partial charge in [-0.25, -0.2) is 0 Å². The Morgan fingerprint density at radius 2 is 1.95 bits per heavy atom. The molecule has 0 amide bonds. The van der Waals surface area contributed by atoms with Gasteiger partial charge in [0.25, 0.3) is 0 Å². The van der Waals surface area contributed by atoms with Crippen molar-refractivity contribution in [3.8, 4) is 0 Å². The largest absolute Gasteiger partial charge is 0.383 e. The van der Waals surface area contributed by atoms with Gasteiger partial charge in [-0.05, 0) is 23.4 Å². The summed E-state index contributed by atoms with van der Waals surface area (Å²) in [5, 5.41) is 5.84. The van der Waals surface area contributed by atoms with E-state index >= 15 is 0 Å². The van der Waals surface area contributed by atoms with Crippen molar-refractivity contribution >= 4 is 11.3 Å². The predicted octanol–water partition coefficient (Wildman–Crippen LogP) is 3.85. The van der Waals surface area contributed by atoms with Gasteiger partial charge >= 0.3 is 0 Å². The van der Waals surface area contributed by atoms with Crippen LogP contribution in [0.25, 0.3) is 0 Å². The maximum absolute atomic E-state index is 5.29. The lowest BCUT2D eigenvalue weighted by Gasteiger charge is -2.24. The fraction of sp³-hybridized carbons (Fsp3) is 0.375. The van der Waals surface area contributed by atoms with Crippen molar-refractivity contribution in [1.82, 2.24) is 5.32 Å². The zero-order valence-electron chi connectivity index (χ0n) is 11.5. The number of hydrogen-bond donors (Lipinski definition) is 1. The summed E-state index contributed by atoms with van der Waals surface area (Å²) in [4.78, 5) is 1.35. The summed E-state index contributed by atoms with van der Waals surface area (Å²) in [6.45, 7) is 2.93. The van der Waals surface area contributed by atoms with Gasteiger partial charge < -0.3 is 10.1 Å². The van der Waals surface area contributed by atoms with Crippen molar-refractivity contribution in [2.75, 3.05) is 13.7 Å². The zero-order chi connectivity index (χ0) is 13.5. The molecule has 3 heteroatoms. The Kier molecular flexibility index (Phi) is 5.58. The quantitative estimate of drug-likeness (QED) is 0.828. The first-order valence-corrected chi connectivity index (χ1v) is 7.56. The molecule has 0 fully saturated rings. The second-order valence-electron chi connectivity index (χ2n) is 4.59. The normalized spacial score (nSPS) is 14.2. The summed E-state index contributed by atoms with van der Waals surface area (Å²) in [7, 11) is 1.76. The first-order valence-electron chi connectivity index (χ1n) is 6.68. The molecule has 2 nitrogen and oxygen atoms in total. The van der Waals surface area contributed by atoms with E-state index in [-0.39, 0.29) is 6.04 Å². The van der Waals surface area contributed by atoms with Gasteiger partial charge in [0.05, 0.1) is 12.6 Å². The minimum atomic E-state index is 0.251. The fourth-order valence-corrected chi connectivity index (χ4v) is 2.98. The number of benzene rings is 1. The van der Waals surface area contributed by atoms with Crippen molar-refractivity contribution in [2.24, 2.45) is 0 Å². The molecule has 1 aromatic carbocycles. The van der Waals surface area contributed by atoms with E-state index in [2.05, 4.69) is 60.1 Å². The molecule has 0 bridgehead atoms. The molecule has 1 aromatic heterocycles. The average molecular weight is 275 g/mol. The third-order valence-electron chi connectivity index (χ3n) is 3.22. The van der Waals surface area contributed by atoms with Crippen molar-refractivity contribution in [2.45, 2.75) is 25.4 Å². The lowest BCUT2D eigenvalue weighted by atomic mass is 10.0. The van der Waals surface area contributed by atoms with E-state index in [1.54, 1.807) is 18.4 Å². The minimum Gasteiger partial charge on any atom is -0.383 e. The first-order chi connectivity index (χ1) is 9.35. The molecule has 0 aliphatic carbocycles. The second kappa shape index (κ2) is 7.43. The van der Waals surface area contributed by atoms with Crippen LogP contribution in [0.15, 0.2) is 47.8 Å². The molecule has 0 saturated heterocycles. The Morgan fingerprint density at radius 3 is 2.53 bits per heavy atom. The molecule has 2 atom stereocenters. The summed E-state index contributed by atoms with van der Waals surface area (Å²) < 4.78 is 5.29. The third kappa shape index (κ3) is 3.90. The summed E-state index contributed by atoms with van der Waals surface area (Å²) >= 11 is 1.79. The van der Waals surface area contributed by atoms with Gasteiger partial charge in [-0.1, -0.05) is 43.3 Å². The summed E-state index contributed by atoms with van der Waals surface area (Å²) in [6, 6.07) is 15.5. The van der Waals surface area contributed by atoms with E-state index in [4.69, 9.17) is 4.74 Å². The van der Waals surface area contributed by atoms with Crippen LogP contribution in [0, 0.1) is 0 Å². The number of ether oxygens (including phenoxy) is 1. The summed E-state index contributed by atoms with van der Waals surface area (Å²) in [6.07, 6.45) is 1.06. The molecule has 1 heterocycles. The Labute approximate surface area is 119 Å². The highest BCUT2D eigenvalue weighted by Crippen LogP contribution is 2.26. The molecule has 2 rings (SSSR count). The van der Waals surface area contributed by atoms with Gasteiger partial charge in [-0.15, -0.1) is 11.3 Å². The Balaban J connectivity index is 2.20. The van der Waals surface area contributed by atoms with Gasteiger partial charge in [0, 0.05) is 18.0 Å². The topological polar surface area (TPSA) is 21.3 Å². The van der Waals surface area contributed by atoms with Crippen LogP contribution in [0.2, 0.25) is 0 Å². The molecule has 2 aromatic rings. The molecule has 102 valence electrons. The summed E-state index contributed by atoms with van der Waals surface area (Å²) in [5.74, 6) is 0. The van der Waals surface area contributed by atoms with Crippen LogP contribution >= 0.6 is 11.3 Å². The summed E-state index contributed by atoms with van der Waals surface area (Å²) in [5.41, 5.74) is 1.31. The van der Waals surface area contributed by atoms with Crippen LogP contribution in [0.1, 0.15) is 29.8 Å². The van der Waals surface area contributed by atoms with Gasteiger partial charge in [0.2, 0.25) is 0 Å². The minimum absolute atomic E-state index is 0.251. The van der Waals surface area contributed by atoms with Crippen LogP contribution in [0.4, 0.5) is 0 Å². The predicted molar refractivity (Wildman–Crippen MR) is 81.7 cm³/mol. The monoisotopic (exact) mass is 275 g/mol. The molecule has 0 radical (unpaired) electrons. The van der Waals surface area contributed by atoms with Crippen LogP contribution in [0.5, 0.6) is 0 Å². The third-order valence-corrected chi connectivity index (χ3v) is 4.16. The Hall–Kier alpha value is -1.16. The molecule has 0 spiro atoms. The molecular formula is C16H21NOS. The van der Waals surface area contributed by atoms with E-state index in [1.807, 2.05) is 0 Å². The van der Waals surface area contributed by atoms with Gasteiger partial charge in [-0.2, -0.15) is 0 Å². The van der Waals surface area contributed by atoms with E-state index < -0.39 is 0 Å². The van der Waals surface area contributed by atoms with Gasteiger partial charge in [0.15, 0.2) is 0 Å². The van der Waals surface area contributed by atoms with Gasteiger partial charge in [0.1, 0.15) is 0 Å². The molecule has 0 aliphatic heterocycles. The first kappa shape index (κ1) is 14.3. The maximum atomic E-state index is 5.29. The van der Waals surface area contributed by atoms with Crippen LogP contribution in [0.3, 0.4) is 0 Å². The standard InChI is InChI=1S/C16H21NOS/c1-3-14(12-18-2)17-16(15-10-7-11-19-15)13-8-5-4-6-9-13/h4-11,14,16-17H,3,12H2,1-2H3. The maximum Gasteiger partial charge on any atom is 0.0673 e. The Morgan fingerprint density at radius 1 is 1.16 bits per heavy atom. The zero-order valence-corrected chi connectivity index (χ0v) is 12.3. The molecular weight excluding hydrogens is 254 g/mol. The molecule has 0 aliphatic rings. The van der Waals surface area contributed by atoms with Crippen molar-refractivity contribution < 1.29 is 4.74 Å². The highest BCUT2D eigenvalue weighted by molar-refractivity contribution is 7.10. The smallest absolute Gasteiger partial charge is 0.0673 e. The second-order valence-corrected chi connectivity index (χ2v) is 5.57. The lowest BCUT2D eigenvalue weighted by molar-refractivity contribution is 0.161. The number of rotatable bonds is 7. The van der Waals surface area contributed by atoms with Crippen LogP contribution in [-0.2, 0) is 4.74 Å². The molecule has 1 N–H and O–H groups in total. The van der Waals surface area contributed by atoms with Gasteiger partial charge in [-0.3, -0.25) is 0 Å². The fourth-order valence-electron chi connectivity index (χ4n) is 2.16. The highest BCUT2D eigenvalue weighted by atomic mass is 32.1. The van der Waals surface area contributed by atoms with Crippen LogP contribution in [-0.4, -0.2) is 19.8 Å². The van der Waals surface area contributed by atoms with Crippen LogP contribution < -0.4 is 5.32 Å². The number of thiophene rings is 1. The van der Waals surface area contributed by atoms with Crippen molar-refractivity contribution in [3.05, 3.63) is 58.3 Å². The van der Waals surface area contributed by atoms with Crippen molar-refractivity contribution in [1.29, 1.82) is 0 Å². The number of nitrogens with one attached hydrogen (secondary N) is 1. The van der Waals surface area contributed by atoms with E-state index in [1.165, 1.54) is 10.4 Å². The van der Waals surface area contributed by atoms with Crippen molar-refractivity contribution in [3.63, 3.8) is 0 Å². The van der Waals surface area contributed by atoms with E-state index in [0.717, 1.165) is 13.0 Å². The molecule has 0 saturated carbocycles. The molecule has 19 heavy (non-hydrogen) atoms.